The molecule has 1 aromatic carbocycles. The molecule has 1 fully saturated rings. The zero-order valence-electron chi connectivity index (χ0n) is 10.5. The number of nitrogens with two attached hydrogens (primary N) is 1. The van der Waals surface area contributed by atoms with Gasteiger partial charge in [-0.05, 0) is 31.0 Å². The maximum atomic E-state index is 12.0. The minimum atomic E-state index is -0.0138. The van der Waals surface area contributed by atoms with E-state index >= 15 is 0 Å². The van der Waals surface area contributed by atoms with Gasteiger partial charge in [-0.25, -0.2) is 0 Å². The number of rotatable bonds is 5. The summed E-state index contributed by atoms with van der Waals surface area (Å²) in [6, 6.07) is 7.57. The first-order valence-electron chi connectivity index (χ1n) is 6.53. The summed E-state index contributed by atoms with van der Waals surface area (Å²) in [5.74, 6) is 0.680. The highest BCUT2D eigenvalue weighted by atomic mass is 16.5. The summed E-state index contributed by atoms with van der Waals surface area (Å²) in [7, 11) is 0. The molecule has 0 bridgehead atoms. The molecule has 1 aliphatic rings. The first-order valence-corrected chi connectivity index (χ1v) is 6.53. The van der Waals surface area contributed by atoms with E-state index in [-0.39, 0.29) is 5.91 Å². The van der Waals surface area contributed by atoms with E-state index in [2.05, 4.69) is 5.32 Å². The molecule has 2 rings (SSSR count). The number of carbonyl (C=O) groups is 1. The molecule has 1 aromatic rings. The van der Waals surface area contributed by atoms with Crippen LogP contribution >= 0.6 is 0 Å². The zero-order valence-corrected chi connectivity index (χ0v) is 10.5. The lowest BCUT2D eigenvalue weighted by molar-refractivity contribution is 0.0937. The van der Waals surface area contributed by atoms with E-state index in [0.717, 1.165) is 12.8 Å². The van der Waals surface area contributed by atoms with Crippen LogP contribution in [-0.4, -0.2) is 25.1 Å². The monoisotopic (exact) mass is 248 g/mol. The maximum absolute atomic E-state index is 12.0. The van der Waals surface area contributed by atoms with E-state index in [1.807, 2.05) is 12.1 Å². The Kier molecular flexibility index (Phi) is 4.59. The van der Waals surface area contributed by atoms with Crippen molar-refractivity contribution in [2.45, 2.75) is 31.7 Å². The molecule has 0 radical (unpaired) electrons. The number of carbonyl (C=O) groups excluding carboxylic acids is 1. The highest BCUT2D eigenvalue weighted by Gasteiger charge is 2.17. The van der Waals surface area contributed by atoms with Crippen LogP contribution < -0.4 is 15.8 Å². The Labute approximate surface area is 108 Å². The summed E-state index contributed by atoms with van der Waals surface area (Å²) in [4.78, 5) is 12.0. The van der Waals surface area contributed by atoms with Crippen molar-refractivity contribution in [1.29, 1.82) is 0 Å². The molecule has 0 atom stereocenters. The normalized spacial score (nSPS) is 15.6. The number of nitrogens with one attached hydrogen (secondary N) is 1. The van der Waals surface area contributed by atoms with Crippen LogP contribution in [0.2, 0.25) is 0 Å². The Bertz CT molecular complexity index is 401. The summed E-state index contributed by atoms with van der Waals surface area (Å²) in [6.07, 6.45) is 4.61. The van der Waals surface area contributed by atoms with Crippen LogP contribution in [0.15, 0.2) is 24.3 Å². The first kappa shape index (κ1) is 12.9. The van der Waals surface area contributed by atoms with Crippen molar-refractivity contribution in [3.8, 4) is 5.75 Å². The molecule has 0 unspecified atom stereocenters. The minimum absolute atomic E-state index is 0.0138. The highest BCUT2D eigenvalue weighted by molar-refractivity contribution is 5.94. The van der Waals surface area contributed by atoms with E-state index in [9.17, 15) is 4.79 Å². The third kappa shape index (κ3) is 3.47. The number of hydrogen-bond donors (Lipinski definition) is 2. The summed E-state index contributed by atoms with van der Waals surface area (Å²) in [5, 5.41) is 3.06. The van der Waals surface area contributed by atoms with Gasteiger partial charge in [0.1, 0.15) is 12.4 Å². The number of ether oxygens (including phenoxy) is 1. The molecule has 0 saturated heterocycles. The summed E-state index contributed by atoms with van der Waals surface area (Å²) < 4.78 is 5.41. The molecule has 1 saturated carbocycles. The van der Waals surface area contributed by atoms with E-state index in [1.54, 1.807) is 12.1 Å². The Morgan fingerprint density at radius 1 is 1.39 bits per heavy atom. The van der Waals surface area contributed by atoms with Crippen molar-refractivity contribution >= 4 is 5.91 Å². The second kappa shape index (κ2) is 6.40. The Morgan fingerprint density at radius 3 is 2.89 bits per heavy atom. The average Bonchev–Trinajstić information content (AvgIpc) is 2.89. The Balaban J connectivity index is 1.96. The van der Waals surface area contributed by atoms with Gasteiger partial charge in [-0.3, -0.25) is 4.79 Å². The van der Waals surface area contributed by atoms with Gasteiger partial charge in [0.25, 0.3) is 5.91 Å². The van der Waals surface area contributed by atoms with Crippen LogP contribution in [0.1, 0.15) is 36.0 Å². The molecule has 0 aromatic heterocycles. The first-order chi connectivity index (χ1) is 8.79. The van der Waals surface area contributed by atoms with Crippen molar-refractivity contribution in [1.82, 2.24) is 5.32 Å². The molecular weight excluding hydrogens is 228 g/mol. The molecule has 0 aliphatic heterocycles. The van der Waals surface area contributed by atoms with Crippen LogP contribution in [0, 0.1) is 0 Å². The predicted molar refractivity (Wildman–Crippen MR) is 70.7 cm³/mol. The van der Waals surface area contributed by atoms with Crippen LogP contribution in [0.3, 0.4) is 0 Å². The lowest BCUT2D eigenvalue weighted by Crippen LogP contribution is -2.32. The standard InChI is InChI=1S/C14H20N2O2/c15-8-9-18-13-7-3-4-11(10-13)14(17)16-12-5-1-2-6-12/h3-4,7,10,12H,1-2,5-6,8-9,15H2,(H,16,17). The van der Waals surface area contributed by atoms with Crippen molar-refractivity contribution < 1.29 is 9.53 Å². The van der Waals surface area contributed by atoms with Crippen LogP contribution in [-0.2, 0) is 0 Å². The van der Waals surface area contributed by atoms with Gasteiger partial charge in [0, 0.05) is 18.2 Å². The van der Waals surface area contributed by atoms with Gasteiger partial charge in [-0.15, -0.1) is 0 Å². The van der Waals surface area contributed by atoms with Crippen molar-refractivity contribution in [3.63, 3.8) is 0 Å². The maximum Gasteiger partial charge on any atom is 0.251 e. The van der Waals surface area contributed by atoms with E-state index in [4.69, 9.17) is 10.5 Å². The molecule has 98 valence electrons. The fourth-order valence-corrected chi connectivity index (χ4v) is 2.24. The molecule has 18 heavy (non-hydrogen) atoms. The molecule has 1 amide bonds. The Hall–Kier alpha value is -1.55. The summed E-state index contributed by atoms with van der Waals surface area (Å²) in [6.45, 7) is 0.937. The topological polar surface area (TPSA) is 64.3 Å². The second-order valence-corrected chi connectivity index (χ2v) is 4.62. The lowest BCUT2D eigenvalue weighted by Gasteiger charge is -2.12. The lowest BCUT2D eigenvalue weighted by atomic mass is 10.1. The predicted octanol–water partition coefficient (Wildman–Crippen LogP) is 1.70. The van der Waals surface area contributed by atoms with Crippen molar-refractivity contribution in [2.75, 3.05) is 13.2 Å². The number of amides is 1. The number of benzene rings is 1. The average molecular weight is 248 g/mol. The van der Waals surface area contributed by atoms with E-state index in [1.165, 1.54) is 12.8 Å². The molecule has 1 aliphatic carbocycles. The van der Waals surface area contributed by atoms with Gasteiger partial charge in [-0.2, -0.15) is 0 Å². The zero-order chi connectivity index (χ0) is 12.8. The minimum Gasteiger partial charge on any atom is -0.492 e. The number of hydrogen-bond acceptors (Lipinski definition) is 3. The summed E-state index contributed by atoms with van der Waals surface area (Å²) in [5.41, 5.74) is 6.03. The summed E-state index contributed by atoms with van der Waals surface area (Å²) >= 11 is 0. The highest BCUT2D eigenvalue weighted by Crippen LogP contribution is 2.19. The molecule has 3 N–H and O–H groups in total. The molecule has 0 heterocycles. The second-order valence-electron chi connectivity index (χ2n) is 4.62. The van der Waals surface area contributed by atoms with Crippen molar-refractivity contribution in [3.05, 3.63) is 29.8 Å². The molecule has 0 spiro atoms. The third-order valence-electron chi connectivity index (χ3n) is 3.17. The van der Waals surface area contributed by atoms with Gasteiger partial charge in [0.15, 0.2) is 0 Å². The van der Waals surface area contributed by atoms with Crippen LogP contribution in [0.5, 0.6) is 5.75 Å². The molecular formula is C14H20N2O2. The SMILES string of the molecule is NCCOc1cccc(C(=O)NC2CCCC2)c1. The van der Waals surface area contributed by atoms with Crippen molar-refractivity contribution in [2.24, 2.45) is 5.73 Å². The smallest absolute Gasteiger partial charge is 0.251 e. The van der Waals surface area contributed by atoms with Crippen LogP contribution in [0.4, 0.5) is 0 Å². The largest absolute Gasteiger partial charge is 0.492 e. The fraction of sp³-hybridized carbons (Fsp3) is 0.500. The quantitative estimate of drug-likeness (QED) is 0.833. The van der Waals surface area contributed by atoms with Gasteiger partial charge in [0.05, 0.1) is 0 Å². The fourth-order valence-electron chi connectivity index (χ4n) is 2.24. The van der Waals surface area contributed by atoms with Gasteiger partial charge in [-0.1, -0.05) is 18.9 Å². The molecule has 4 heteroatoms. The van der Waals surface area contributed by atoms with Gasteiger partial charge in [0.2, 0.25) is 0 Å². The van der Waals surface area contributed by atoms with Gasteiger partial charge < -0.3 is 15.8 Å². The van der Waals surface area contributed by atoms with Gasteiger partial charge >= 0.3 is 0 Å². The Morgan fingerprint density at radius 2 is 2.17 bits per heavy atom. The third-order valence-corrected chi connectivity index (χ3v) is 3.17. The molecule has 4 nitrogen and oxygen atoms in total. The van der Waals surface area contributed by atoms with Crippen LogP contribution in [0.25, 0.3) is 0 Å². The van der Waals surface area contributed by atoms with E-state index in [0.29, 0.717) is 30.5 Å². The van der Waals surface area contributed by atoms with E-state index < -0.39 is 0 Å².